The van der Waals surface area contributed by atoms with Crippen molar-refractivity contribution in [3.8, 4) is 0 Å². The second kappa shape index (κ2) is 6.15. The minimum absolute atomic E-state index is 0.113. The first-order valence-corrected chi connectivity index (χ1v) is 8.23. The highest BCUT2D eigenvalue weighted by atomic mass is 79.9. The largest absolute Gasteiger partial charge is 0.481 e. The Hall–Kier alpha value is -0.555. The predicted molar refractivity (Wildman–Crippen MR) is 90.2 cm³/mol. The van der Waals surface area contributed by atoms with Gasteiger partial charge in [0, 0.05) is 15.3 Å². The Kier molecular flexibility index (Phi) is 4.98. The topological polar surface area (TPSA) is 55.8 Å². The number of carboxylic acid groups (broad SMARTS) is 1. The summed E-state index contributed by atoms with van der Waals surface area (Å²) in [5.74, 6) is -1.39. The van der Waals surface area contributed by atoms with E-state index in [-0.39, 0.29) is 6.42 Å². The van der Waals surface area contributed by atoms with Gasteiger partial charge in [0.15, 0.2) is 0 Å². The first-order chi connectivity index (χ1) is 10.0. The molecule has 22 heavy (non-hydrogen) atoms. The molecule has 120 valence electrons. The number of halogens is 2. The molecule has 0 aliphatic carbocycles. The molecule has 1 saturated heterocycles. The highest BCUT2D eigenvalue weighted by Gasteiger charge is 2.54. The van der Waals surface area contributed by atoms with Crippen molar-refractivity contribution in [1.82, 2.24) is 0 Å². The minimum Gasteiger partial charge on any atom is -0.481 e. The number of aliphatic carboxylic acids is 1. The summed E-state index contributed by atoms with van der Waals surface area (Å²) in [6.07, 6.45) is -0.113. The molecule has 0 spiro atoms. The molecule has 0 bridgehead atoms. The van der Waals surface area contributed by atoms with Crippen LogP contribution >= 0.6 is 27.5 Å². The summed E-state index contributed by atoms with van der Waals surface area (Å²) in [5, 5.41) is 9.74. The molecule has 1 heterocycles. The summed E-state index contributed by atoms with van der Waals surface area (Å²) >= 11 is 9.65. The lowest BCUT2D eigenvalue weighted by Crippen LogP contribution is -2.41. The number of hydrogen-bond acceptors (Lipinski definition) is 3. The van der Waals surface area contributed by atoms with Gasteiger partial charge in [0.1, 0.15) is 0 Å². The average Bonchev–Trinajstić information content (AvgIpc) is 2.56. The molecule has 4 nitrogen and oxygen atoms in total. The first-order valence-electron chi connectivity index (χ1n) is 7.06. The van der Waals surface area contributed by atoms with Gasteiger partial charge in [0.25, 0.3) is 0 Å². The van der Waals surface area contributed by atoms with Crippen molar-refractivity contribution in [2.24, 2.45) is 0 Å². The van der Waals surface area contributed by atoms with E-state index < -0.39 is 30.1 Å². The van der Waals surface area contributed by atoms with E-state index in [0.29, 0.717) is 10.6 Å². The van der Waals surface area contributed by atoms with E-state index in [1.807, 2.05) is 39.8 Å². The first kappa shape index (κ1) is 17.8. The van der Waals surface area contributed by atoms with Crippen molar-refractivity contribution in [2.75, 3.05) is 0 Å². The van der Waals surface area contributed by atoms with Gasteiger partial charge in [0.2, 0.25) is 0 Å². The Bertz CT molecular complexity index is 575. The van der Waals surface area contributed by atoms with Crippen LogP contribution in [0.3, 0.4) is 0 Å². The van der Waals surface area contributed by atoms with Gasteiger partial charge in [-0.25, -0.2) is 0 Å². The summed E-state index contributed by atoms with van der Waals surface area (Å²) in [4.78, 5) is 11.3. The average molecular weight is 389 g/mol. The number of benzene rings is 1. The predicted octanol–water partition coefficient (Wildman–Crippen LogP) is 4.29. The summed E-state index contributed by atoms with van der Waals surface area (Å²) < 4.78 is 12.9. The van der Waals surface area contributed by atoms with Gasteiger partial charge >= 0.3 is 13.1 Å². The monoisotopic (exact) mass is 388 g/mol. The van der Waals surface area contributed by atoms with Gasteiger partial charge in [0.05, 0.1) is 17.6 Å². The minimum atomic E-state index is -0.918. The Morgan fingerprint density at radius 3 is 2.32 bits per heavy atom. The van der Waals surface area contributed by atoms with E-state index in [0.717, 1.165) is 4.47 Å². The number of hydrogen-bond donors (Lipinski definition) is 1. The Morgan fingerprint density at radius 1 is 1.32 bits per heavy atom. The van der Waals surface area contributed by atoms with E-state index in [2.05, 4.69) is 15.9 Å². The third-order valence-electron chi connectivity index (χ3n) is 4.36. The van der Waals surface area contributed by atoms with Crippen LogP contribution in [0.15, 0.2) is 22.7 Å². The number of rotatable bonds is 4. The summed E-state index contributed by atoms with van der Waals surface area (Å²) in [7, 11) is -0.653. The SMILES string of the molecule is CC1(C)OB(C(CC(=O)O)c2ccc(Br)cc2Cl)OC1(C)C. The molecule has 1 atom stereocenters. The van der Waals surface area contributed by atoms with Crippen molar-refractivity contribution in [2.45, 2.75) is 51.1 Å². The molecule has 0 amide bonds. The van der Waals surface area contributed by atoms with Crippen LogP contribution in [0.25, 0.3) is 0 Å². The van der Waals surface area contributed by atoms with E-state index in [4.69, 9.17) is 20.9 Å². The van der Waals surface area contributed by atoms with Crippen LogP contribution in [-0.2, 0) is 14.1 Å². The van der Waals surface area contributed by atoms with Gasteiger partial charge < -0.3 is 14.4 Å². The molecular weight excluding hydrogens is 370 g/mol. The molecule has 0 saturated carbocycles. The van der Waals surface area contributed by atoms with Crippen LogP contribution in [0.1, 0.15) is 45.5 Å². The normalized spacial score (nSPS) is 20.9. The van der Waals surface area contributed by atoms with Crippen LogP contribution < -0.4 is 0 Å². The Balaban J connectivity index is 2.38. The number of carboxylic acids is 1. The third-order valence-corrected chi connectivity index (χ3v) is 5.18. The maximum atomic E-state index is 11.3. The fourth-order valence-corrected chi connectivity index (χ4v) is 3.21. The highest BCUT2D eigenvalue weighted by molar-refractivity contribution is 9.10. The van der Waals surface area contributed by atoms with Crippen LogP contribution in [-0.4, -0.2) is 29.4 Å². The molecule has 1 fully saturated rings. The lowest BCUT2D eigenvalue weighted by Gasteiger charge is -2.32. The molecular formula is C15H19BBrClO4. The fraction of sp³-hybridized carbons (Fsp3) is 0.533. The summed E-state index contributed by atoms with van der Waals surface area (Å²) in [6.45, 7) is 7.75. The molecule has 1 aromatic carbocycles. The van der Waals surface area contributed by atoms with Crippen LogP contribution in [0.5, 0.6) is 0 Å². The van der Waals surface area contributed by atoms with Gasteiger partial charge in [-0.15, -0.1) is 0 Å². The zero-order chi connectivity index (χ0) is 16.7. The molecule has 1 aliphatic heterocycles. The maximum Gasteiger partial charge on any atom is 0.466 e. The lowest BCUT2D eigenvalue weighted by molar-refractivity contribution is -0.137. The second-order valence-corrected chi connectivity index (χ2v) is 7.82. The van der Waals surface area contributed by atoms with Gasteiger partial charge in [-0.1, -0.05) is 33.6 Å². The summed E-state index contributed by atoms with van der Waals surface area (Å²) in [5.41, 5.74) is -0.322. The van der Waals surface area contributed by atoms with E-state index in [1.54, 1.807) is 6.07 Å². The maximum absolute atomic E-state index is 11.3. The van der Waals surface area contributed by atoms with E-state index >= 15 is 0 Å². The van der Waals surface area contributed by atoms with Crippen molar-refractivity contribution in [1.29, 1.82) is 0 Å². The molecule has 7 heteroatoms. The number of carbonyl (C=O) groups is 1. The Labute approximate surface area is 144 Å². The van der Waals surface area contributed by atoms with E-state index in [9.17, 15) is 9.90 Å². The molecule has 1 N–H and O–H groups in total. The lowest BCUT2D eigenvalue weighted by atomic mass is 9.66. The van der Waals surface area contributed by atoms with Crippen LogP contribution in [0.4, 0.5) is 0 Å². The standard InChI is InChI=1S/C15H19BBrClO4/c1-14(2)15(3,4)22-16(21-14)11(8-13(19)20)10-6-5-9(17)7-12(10)18/h5-7,11H,8H2,1-4H3,(H,19,20). The molecule has 1 aromatic rings. The van der Waals surface area contributed by atoms with Crippen molar-refractivity contribution in [3.05, 3.63) is 33.3 Å². The summed E-state index contributed by atoms with van der Waals surface area (Å²) in [6, 6.07) is 5.39. The molecule has 1 aliphatic rings. The molecule has 0 aromatic heterocycles. The van der Waals surface area contributed by atoms with Crippen molar-refractivity contribution >= 4 is 40.6 Å². The van der Waals surface area contributed by atoms with Crippen molar-refractivity contribution < 1.29 is 19.2 Å². The molecule has 0 radical (unpaired) electrons. The quantitative estimate of drug-likeness (QED) is 0.781. The van der Waals surface area contributed by atoms with E-state index in [1.165, 1.54) is 0 Å². The zero-order valence-corrected chi connectivity index (χ0v) is 15.4. The second-order valence-electron chi connectivity index (χ2n) is 6.49. The van der Waals surface area contributed by atoms with Gasteiger partial charge in [-0.3, -0.25) is 4.79 Å². The Morgan fingerprint density at radius 2 is 1.86 bits per heavy atom. The van der Waals surface area contributed by atoms with Crippen LogP contribution in [0.2, 0.25) is 5.02 Å². The molecule has 1 unspecified atom stereocenters. The van der Waals surface area contributed by atoms with Crippen LogP contribution in [0, 0.1) is 0 Å². The highest BCUT2D eigenvalue weighted by Crippen LogP contribution is 2.43. The van der Waals surface area contributed by atoms with Crippen molar-refractivity contribution in [3.63, 3.8) is 0 Å². The zero-order valence-electron chi connectivity index (χ0n) is 13.0. The van der Waals surface area contributed by atoms with Gasteiger partial charge in [-0.2, -0.15) is 0 Å². The fourth-order valence-electron chi connectivity index (χ4n) is 2.40. The van der Waals surface area contributed by atoms with Gasteiger partial charge in [-0.05, 0) is 45.4 Å². The third kappa shape index (κ3) is 3.50. The smallest absolute Gasteiger partial charge is 0.466 e. The molecule has 2 rings (SSSR count).